The summed E-state index contributed by atoms with van der Waals surface area (Å²) >= 11 is 0. The van der Waals surface area contributed by atoms with E-state index in [1.54, 1.807) is 7.11 Å². The molecule has 1 atom stereocenters. The molecule has 1 amide bonds. The van der Waals surface area contributed by atoms with Crippen LogP contribution < -0.4 is 0 Å². The summed E-state index contributed by atoms with van der Waals surface area (Å²) in [4.78, 5) is 25.5. The molecule has 1 aromatic rings. The van der Waals surface area contributed by atoms with Gasteiger partial charge in [-0.3, -0.25) is 9.59 Å². The predicted molar refractivity (Wildman–Crippen MR) is 79.4 cm³/mol. The quantitative estimate of drug-likeness (QED) is 0.830. The Labute approximate surface area is 125 Å². The van der Waals surface area contributed by atoms with Crippen LogP contribution in [0.5, 0.6) is 0 Å². The molecule has 1 aromatic carbocycles. The molecule has 1 aliphatic heterocycles. The summed E-state index contributed by atoms with van der Waals surface area (Å²) in [6, 6.07) is 6.16. The average Bonchev–Trinajstić information content (AvgIpc) is 3.00. The lowest BCUT2D eigenvalue weighted by molar-refractivity contribution is -0.128. The van der Waals surface area contributed by atoms with Gasteiger partial charge in [-0.1, -0.05) is 18.2 Å². The van der Waals surface area contributed by atoms with Gasteiger partial charge in [-0.25, -0.2) is 0 Å². The molecule has 1 aliphatic carbocycles. The van der Waals surface area contributed by atoms with Crippen LogP contribution in [0.4, 0.5) is 0 Å². The van der Waals surface area contributed by atoms with Crippen molar-refractivity contribution in [2.75, 3.05) is 26.8 Å². The first-order valence-corrected chi connectivity index (χ1v) is 7.59. The molecule has 0 unspecified atom stereocenters. The highest BCUT2D eigenvalue weighted by molar-refractivity contribution is 6.00. The number of ether oxygens (including phenoxy) is 1. The first-order valence-electron chi connectivity index (χ1n) is 7.59. The van der Waals surface area contributed by atoms with Crippen molar-refractivity contribution >= 4 is 11.7 Å². The summed E-state index contributed by atoms with van der Waals surface area (Å²) in [6.07, 6.45) is 3.05. The minimum atomic E-state index is 0.230. The summed E-state index contributed by atoms with van der Waals surface area (Å²) < 4.78 is 5.04. The predicted octanol–water partition coefficient (Wildman–Crippen LogP) is 1.85. The van der Waals surface area contributed by atoms with Gasteiger partial charge in [0.2, 0.25) is 5.91 Å². The number of amides is 1. The maximum atomic E-state index is 11.9. The number of fused-ring (bicyclic) bond motifs is 1. The normalized spacial score (nSPS) is 21.2. The van der Waals surface area contributed by atoms with E-state index >= 15 is 0 Å². The number of Topliss-reactive ketones (excluding diaryl/α,β-unsaturated/α-hetero) is 1. The number of aryl methyl sites for hydroxylation is 1. The van der Waals surface area contributed by atoms with Gasteiger partial charge in [0.1, 0.15) is 0 Å². The second-order valence-electron chi connectivity index (χ2n) is 6.02. The summed E-state index contributed by atoms with van der Waals surface area (Å²) in [6.45, 7) is 2.10. The number of hydrogen-bond acceptors (Lipinski definition) is 3. The topological polar surface area (TPSA) is 46.6 Å². The van der Waals surface area contributed by atoms with Crippen molar-refractivity contribution in [1.29, 1.82) is 0 Å². The summed E-state index contributed by atoms with van der Waals surface area (Å²) in [5.74, 6) is 0.872. The molecule has 4 nitrogen and oxygen atoms in total. The number of carbonyl (C=O) groups is 2. The van der Waals surface area contributed by atoms with E-state index in [0.717, 1.165) is 24.9 Å². The monoisotopic (exact) mass is 287 g/mol. The molecule has 1 saturated heterocycles. The van der Waals surface area contributed by atoms with Crippen LogP contribution in [-0.4, -0.2) is 43.4 Å². The Morgan fingerprint density at radius 3 is 2.95 bits per heavy atom. The van der Waals surface area contributed by atoms with Crippen molar-refractivity contribution in [2.45, 2.75) is 25.7 Å². The maximum Gasteiger partial charge on any atom is 0.223 e. The first-order chi connectivity index (χ1) is 10.2. The lowest BCUT2D eigenvalue weighted by atomic mass is 9.96. The first kappa shape index (κ1) is 14.3. The molecule has 3 rings (SSSR count). The molecule has 112 valence electrons. The highest BCUT2D eigenvalue weighted by atomic mass is 16.5. The van der Waals surface area contributed by atoms with E-state index in [-0.39, 0.29) is 11.7 Å². The lowest BCUT2D eigenvalue weighted by Crippen LogP contribution is -2.28. The smallest absolute Gasteiger partial charge is 0.223 e. The molecule has 0 aromatic heterocycles. The largest absolute Gasteiger partial charge is 0.383 e. The molecule has 0 bridgehead atoms. The van der Waals surface area contributed by atoms with Crippen LogP contribution in [0, 0.1) is 5.92 Å². The molecule has 21 heavy (non-hydrogen) atoms. The minimum absolute atomic E-state index is 0.230. The molecular formula is C17H21NO3. The lowest BCUT2D eigenvalue weighted by Gasteiger charge is -2.16. The van der Waals surface area contributed by atoms with Crippen molar-refractivity contribution in [1.82, 2.24) is 4.90 Å². The van der Waals surface area contributed by atoms with Crippen molar-refractivity contribution in [2.24, 2.45) is 5.92 Å². The van der Waals surface area contributed by atoms with Crippen LogP contribution in [0.1, 0.15) is 34.3 Å². The van der Waals surface area contributed by atoms with E-state index in [1.165, 1.54) is 11.1 Å². The number of benzene rings is 1. The van der Waals surface area contributed by atoms with Crippen molar-refractivity contribution in [3.8, 4) is 0 Å². The van der Waals surface area contributed by atoms with Crippen LogP contribution in [-0.2, 0) is 22.4 Å². The number of carbonyl (C=O) groups excluding carboxylic acids is 2. The molecule has 0 saturated carbocycles. The number of hydrogen-bond donors (Lipinski definition) is 0. The fourth-order valence-corrected chi connectivity index (χ4v) is 3.38. The van der Waals surface area contributed by atoms with Gasteiger partial charge in [-0.15, -0.1) is 0 Å². The van der Waals surface area contributed by atoms with Crippen LogP contribution in [0.15, 0.2) is 18.2 Å². The van der Waals surface area contributed by atoms with E-state index in [9.17, 15) is 9.59 Å². The number of nitrogens with zero attached hydrogens (tertiary/aromatic N) is 1. The Morgan fingerprint density at radius 1 is 1.29 bits per heavy atom. The Balaban J connectivity index is 1.63. The van der Waals surface area contributed by atoms with Gasteiger partial charge in [0.05, 0.1) is 6.61 Å². The third kappa shape index (κ3) is 3.00. The number of rotatable bonds is 5. The maximum absolute atomic E-state index is 11.9. The molecule has 1 heterocycles. The van der Waals surface area contributed by atoms with Gasteiger partial charge in [0.15, 0.2) is 5.78 Å². The number of methoxy groups -OCH3 is 1. The van der Waals surface area contributed by atoms with Crippen molar-refractivity contribution < 1.29 is 14.3 Å². The fourth-order valence-electron chi connectivity index (χ4n) is 3.38. The van der Waals surface area contributed by atoms with Gasteiger partial charge in [0.25, 0.3) is 0 Å². The van der Waals surface area contributed by atoms with E-state index in [0.29, 0.717) is 31.9 Å². The second kappa shape index (κ2) is 5.98. The molecule has 0 radical (unpaired) electrons. The van der Waals surface area contributed by atoms with Gasteiger partial charge in [-0.2, -0.15) is 0 Å². The number of ketones is 1. The Hall–Kier alpha value is -1.68. The van der Waals surface area contributed by atoms with Crippen molar-refractivity contribution in [3.63, 3.8) is 0 Å². The third-order valence-corrected chi connectivity index (χ3v) is 4.48. The fraction of sp³-hybridized carbons (Fsp3) is 0.529. The van der Waals surface area contributed by atoms with E-state index in [4.69, 9.17) is 4.74 Å². The van der Waals surface area contributed by atoms with Crippen LogP contribution in [0.2, 0.25) is 0 Å². The van der Waals surface area contributed by atoms with Gasteiger partial charge < -0.3 is 9.64 Å². The van der Waals surface area contributed by atoms with Crippen LogP contribution >= 0.6 is 0 Å². The molecular weight excluding hydrogens is 266 g/mol. The van der Waals surface area contributed by atoms with Gasteiger partial charge >= 0.3 is 0 Å². The van der Waals surface area contributed by atoms with Crippen molar-refractivity contribution in [3.05, 3.63) is 34.9 Å². The van der Waals surface area contributed by atoms with E-state index < -0.39 is 0 Å². The molecule has 4 heteroatoms. The molecule has 1 fully saturated rings. The van der Waals surface area contributed by atoms with E-state index in [2.05, 4.69) is 6.07 Å². The Kier molecular flexibility index (Phi) is 4.06. The standard InChI is InChI=1S/C17H21NO3/c1-21-7-6-18-11-13(10-17(18)20)8-12-2-4-15-14(9-12)3-5-16(15)19/h2,4,9,13H,3,5-8,10-11H2,1H3/t13-/m1/s1. The van der Waals surface area contributed by atoms with Gasteiger partial charge in [0, 0.05) is 38.6 Å². The Morgan fingerprint density at radius 2 is 2.14 bits per heavy atom. The zero-order valence-corrected chi connectivity index (χ0v) is 12.4. The second-order valence-corrected chi connectivity index (χ2v) is 6.02. The molecule has 0 N–H and O–H groups in total. The molecule has 2 aliphatic rings. The third-order valence-electron chi connectivity index (χ3n) is 4.48. The average molecular weight is 287 g/mol. The zero-order chi connectivity index (χ0) is 14.8. The highest BCUT2D eigenvalue weighted by Gasteiger charge is 2.29. The number of likely N-dealkylation sites (tertiary alicyclic amines) is 1. The summed E-state index contributed by atoms with van der Waals surface area (Å²) in [5, 5.41) is 0. The SMILES string of the molecule is COCCN1C[C@H](Cc2ccc3c(c2)CCC3=O)CC1=O. The van der Waals surface area contributed by atoms with E-state index in [1.807, 2.05) is 17.0 Å². The van der Waals surface area contributed by atoms with Gasteiger partial charge in [-0.05, 0) is 29.9 Å². The Bertz CT molecular complexity index is 567. The van der Waals surface area contributed by atoms with Crippen LogP contribution in [0.3, 0.4) is 0 Å². The minimum Gasteiger partial charge on any atom is -0.383 e. The summed E-state index contributed by atoms with van der Waals surface area (Å²) in [5.41, 5.74) is 3.32. The molecule has 0 spiro atoms. The van der Waals surface area contributed by atoms with Crippen LogP contribution in [0.25, 0.3) is 0 Å². The zero-order valence-electron chi connectivity index (χ0n) is 12.4. The highest BCUT2D eigenvalue weighted by Crippen LogP contribution is 2.26. The summed E-state index contributed by atoms with van der Waals surface area (Å²) in [7, 11) is 1.66.